The lowest BCUT2D eigenvalue weighted by atomic mass is 9.99. The minimum atomic E-state index is 0.462. The number of aromatic nitrogens is 1. The van der Waals surface area contributed by atoms with Crippen molar-refractivity contribution in [1.29, 1.82) is 0 Å². The number of benzene rings is 4. The summed E-state index contributed by atoms with van der Waals surface area (Å²) < 4.78 is 2.09. The maximum atomic E-state index is 5.09. The fraction of sp³-hybridized carbons (Fsp3) is 0.163. The van der Waals surface area contributed by atoms with Crippen LogP contribution in [-0.2, 0) is 6.54 Å². The zero-order valence-corrected chi connectivity index (χ0v) is 32.3. The van der Waals surface area contributed by atoms with Gasteiger partial charge in [-0.3, -0.25) is 9.56 Å². The first kappa shape index (κ1) is 38.9. The zero-order chi connectivity index (χ0) is 38.5. The number of anilines is 1. The SMILES string of the molecule is C=C/C(=C\C=C/C)N(C(=C)CC/C=C\C)c1ccc(-c2ccc3c(c2)c(C)c(/C=C\C)n3C(N=C)=NC(=NCc2ccccc2)c2ccccc2)cc1C. The molecule has 54 heavy (non-hydrogen) atoms. The minimum absolute atomic E-state index is 0.462. The lowest BCUT2D eigenvalue weighted by Gasteiger charge is -2.29. The van der Waals surface area contributed by atoms with E-state index < -0.39 is 0 Å². The Balaban J connectivity index is 1.60. The predicted octanol–water partition coefficient (Wildman–Crippen LogP) is 12.8. The molecule has 0 N–H and O–H groups in total. The standard InChI is InChI=1S/C49H51N5/c1-9-13-17-23-37(6)53(43(12-4)28-14-10-2)45-31-29-41(33-36(45)5)42-30-32-47-44(34-42)38(7)46(22-11-3)54(47)49(50-8)52-48(40-26-20-16-21-27-40)51-35-39-24-18-15-19-25-39/h9-16,18-22,24-34H,4,6,8,17,23,35H2,1-3,5,7H3/b13-9-,14-10-,22-11-,43-28+,51-48?,52-49?. The molecular weight excluding hydrogens is 659 g/mol. The zero-order valence-electron chi connectivity index (χ0n) is 32.3. The van der Waals surface area contributed by atoms with E-state index in [1.807, 2.05) is 93.6 Å². The van der Waals surface area contributed by atoms with Gasteiger partial charge in [0.25, 0.3) is 0 Å². The summed E-state index contributed by atoms with van der Waals surface area (Å²) in [6.45, 7) is 23.5. The van der Waals surface area contributed by atoms with Gasteiger partial charge in [0.05, 0.1) is 17.8 Å². The average molecular weight is 710 g/mol. The minimum Gasteiger partial charge on any atom is -0.315 e. The van der Waals surface area contributed by atoms with Crippen molar-refractivity contribution in [3.8, 4) is 11.1 Å². The highest BCUT2D eigenvalue weighted by Gasteiger charge is 2.20. The van der Waals surface area contributed by atoms with Gasteiger partial charge < -0.3 is 4.90 Å². The summed E-state index contributed by atoms with van der Waals surface area (Å²) in [5.74, 6) is 1.06. The summed E-state index contributed by atoms with van der Waals surface area (Å²) in [5, 5.41) is 1.11. The van der Waals surface area contributed by atoms with Gasteiger partial charge in [-0.2, -0.15) is 4.99 Å². The largest absolute Gasteiger partial charge is 0.315 e. The van der Waals surface area contributed by atoms with Crippen LogP contribution in [0.4, 0.5) is 5.69 Å². The number of rotatable bonds is 13. The third kappa shape index (κ3) is 8.99. The van der Waals surface area contributed by atoms with Crippen LogP contribution in [0.5, 0.6) is 0 Å². The molecule has 1 aromatic heterocycles. The molecule has 5 rings (SSSR count). The van der Waals surface area contributed by atoms with Crippen LogP contribution >= 0.6 is 0 Å². The molecule has 0 fully saturated rings. The number of aryl methyl sites for hydroxylation is 2. The Hall–Kier alpha value is -6.33. The van der Waals surface area contributed by atoms with E-state index in [0.29, 0.717) is 18.3 Å². The number of aliphatic imine (C=N–C) groups is 3. The maximum absolute atomic E-state index is 5.09. The molecule has 0 atom stereocenters. The molecular formula is C49H51N5. The van der Waals surface area contributed by atoms with Crippen LogP contribution in [0, 0.1) is 13.8 Å². The van der Waals surface area contributed by atoms with Crippen LogP contribution < -0.4 is 4.90 Å². The highest BCUT2D eigenvalue weighted by Crippen LogP contribution is 2.36. The summed E-state index contributed by atoms with van der Waals surface area (Å²) in [6, 6.07) is 33.5. The Bertz CT molecular complexity index is 2290. The summed E-state index contributed by atoms with van der Waals surface area (Å²) in [4.78, 5) is 16.8. The van der Waals surface area contributed by atoms with Crippen LogP contribution in [0.2, 0.25) is 0 Å². The molecule has 0 aliphatic carbocycles. The van der Waals surface area contributed by atoms with E-state index in [-0.39, 0.29) is 0 Å². The lowest BCUT2D eigenvalue weighted by molar-refractivity contribution is 0.917. The number of hydrogen-bond donors (Lipinski definition) is 0. The normalized spacial score (nSPS) is 12.7. The Kier molecular flexibility index (Phi) is 13.6. The van der Waals surface area contributed by atoms with Crippen LogP contribution in [0.25, 0.3) is 28.1 Å². The molecule has 0 saturated heterocycles. The third-order valence-electron chi connectivity index (χ3n) is 9.27. The molecule has 4 aromatic carbocycles. The van der Waals surface area contributed by atoms with Crippen molar-refractivity contribution in [2.45, 2.75) is 54.0 Å². The van der Waals surface area contributed by atoms with E-state index in [9.17, 15) is 0 Å². The quantitative estimate of drug-likeness (QED) is 0.0519. The van der Waals surface area contributed by atoms with Gasteiger partial charge in [0.1, 0.15) is 0 Å². The van der Waals surface area contributed by atoms with Crippen LogP contribution in [0.1, 0.15) is 61.6 Å². The van der Waals surface area contributed by atoms with Gasteiger partial charge in [0.2, 0.25) is 5.96 Å². The fourth-order valence-electron chi connectivity index (χ4n) is 6.53. The topological polar surface area (TPSA) is 45.2 Å². The molecule has 272 valence electrons. The van der Waals surface area contributed by atoms with Gasteiger partial charge in [-0.25, -0.2) is 4.99 Å². The number of nitrogens with zero attached hydrogens (tertiary/aromatic N) is 5. The molecule has 5 aromatic rings. The summed E-state index contributed by atoms with van der Waals surface area (Å²) in [5.41, 5.74) is 11.6. The molecule has 0 saturated carbocycles. The Labute approximate surface area is 321 Å². The molecule has 0 radical (unpaired) electrons. The molecule has 5 heteroatoms. The molecule has 1 heterocycles. The van der Waals surface area contributed by atoms with Crippen molar-refractivity contribution in [3.63, 3.8) is 0 Å². The van der Waals surface area contributed by atoms with E-state index in [4.69, 9.17) is 9.98 Å². The van der Waals surface area contributed by atoms with Gasteiger partial charge in [0, 0.05) is 28.0 Å². The van der Waals surface area contributed by atoms with Crippen molar-refractivity contribution < 1.29 is 0 Å². The summed E-state index contributed by atoms with van der Waals surface area (Å²) in [6.07, 6.45) is 18.2. The highest BCUT2D eigenvalue weighted by molar-refractivity contribution is 6.10. The van der Waals surface area contributed by atoms with Gasteiger partial charge in [0.15, 0.2) is 5.84 Å². The van der Waals surface area contributed by atoms with Crippen LogP contribution in [0.3, 0.4) is 0 Å². The molecule has 0 aliphatic rings. The predicted molar refractivity (Wildman–Crippen MR) is 236 cm³/mol. The molecule has 0 aliphatic heterocycles. The second kappa shape index (κ2) is 19.0. The van der Waals surface area contributed by atoms with E-state index in [1.54, 1.807) is 0 Å². The second-order valence-corrected chi connectivity index (χ2v) is 13.0. The van der Waals surface area contributed by atoms with Crippen LogP contribution in [0.15, 0.2) is 179 Å². The fourth-order valence-corrected chi connectivity index (χ4v) is 6.53. The van der Waals surface area contributed by atoms with Gasteiger partial charge >= 0.3 is 0 Å². The number of allylic oxidation sites excluding steroid dienone is 8. The van der Waals surface area contributed by atoms with Crippen molar-refractivity contribution in [2.24, 2.45) is 15.0 Å². The third-order valence-corrected chi connectivity index (χ3v) is 9.27. The lowest BCUT2D eigenvalue weighted by Crippen LogP contribution is -2.21. The first-order chi connectivity index (χ1) is 26.3. The monoisotopic (exact) mass is 709 g/mol. The summed E-state index contributed by atoms with van der Waals surface area (Å²) in [7, 11) is 0. The number of amidine groups is 1. The van der Waals surface area contributed by atoms with Crippen molar-refractivity contribution in [3.05, 3.63) is 192 Å². The Morgan fingerprint density at radius 3 is 2.19 bits per heavy atom. The van der Waals surface area contributed by atoms with Crippen molar-refractivity contribution in [2.75, 3.05) is 4.90 Å². The Morgan fingerprint density at radius 2 is 1.54 bits per heavy atom. The Morgan fingerprint density at radius 1 is 0.833 bits per heavy atom. The number of fused-ring (bicyclic) bond motifs is 1. The smallest absolute Gasteiger partial charge is 0.236 e. The van der Waals surface area contributed by atoms with E-state index in [0.717, 1.165) is 79.9 Å². The maximum Gasteiger partial charge on any atom is 0.236 e. The van der Waals surface area contributed by atoms with Gasteiger partial charge in [-0.05, 0) is 124 Å². The van der Waals surface area contributed by atoms with E-state index in [1.165, 1.54) is 0 Å². The van der Waals surface area contributed by atoms with Crippen LogP contribution in [-0.4, -0.2) is 23.1 Å². The second-order valence-electron chi connectivity index (χ2n) is 13.0. The average Bonchev–Trinajstić information content (AvgIpc) is 3.47. The first-order valence-electron chi connectivity index (χ1n) is 18.5. The first-order valence-corrected chi connectivity index (χ1v) is 18.5. The van der Waals surface area contributed by atoms with Crippen molar-refractivity contribution in [1.82, 2.24) is 4.57 Å². The molecule has 0 spiro atoms. The van der Waals surface area contributed by atoms with Gasteiger partial charge in [-0.1, -0.05) is 116 Å². The van der Waals surface area contributed by atoms with E-state index >= 15 is 0 Å². The molecule has 0 unspecified atom stereocenters. The molecule has 0 amide bonds. The highest BCUT2D eigenvalue weighted by atomic mass is 15.2. The number of hydrogen-bond acceptors (Lipinski definition) is 2. The molecule has 0 bridgehead atoms. The molecule has 5 nitrogen and oxygen atoms in total. The van der Waals surface area contributed by atoms with Crippen molar-refractivity contribution >= 4 is 41.2 Å². The van der Waals surface area contributed by atoms with Gasteiger partial charge in [-0.15, -0.1) is 0 Å². The van der Waals surface area contributed by atoms with E-state index in [2.05, 4.69) is 121 Å². The summed E-state index contributed by atoms with van der Waals surface area (Å²) >= 11 is 0.